The summed E-state index contributed by atoms with van der Waals surface area (Å²) in [5.74, 6) is -0.252. The Morgan fingerprint density at radius 3 is 2.24 bits per heavy atom. The van der Waals surface area contributed by atoms with Crippen LogP contribution in [0.4, 0.5) is 0 Å². The van der Waals surface area contributed by atoms with Crippen LogP contribution in [0, 0.1) is 0 Å². The minimum atomic E-state index is -0.327. The first-order chi connectivity index (χ1) is 8.19. The van der Waals surface area contributed by atoms with Crippen LogP contribution < -0.4 is 5.56 Å². The zero-order valence-corrected chi connectivity index (χ0v) is 9.99. The molecule has 2 N–H and O–H groups in total. The van der Waals surface area contributed by atoms with Crippen LogP contribution in [0.3, 0.4) is 0 Å². The lowest BCUT2D eigenvalue weighted by Gasteiger charge is -2.21. The van der Waals surface area contributed by atoms with E-state index < -0.39 is 0 Å². The molecule has 7 nitrogen and oxygen atoms in total. The van der Waals surface area contributed by atoms with Gasteiger partial charge in [-0.15, -0.1) is 0 Å². The molecule has 7 heteroatoms. The van der Waals surface area contributed by atoms with E-state index in [2.05, 4.69) is 10.2 Å². The summed E-state index contributed by atoms with van der Waals surface area (Å²) < 4.78 is 9.86. The fraction of sp³-hybridized carbons (Fsp3) is 0.600. The number of nitrogens with zero attached hydrogens (tertiary/aromatic N) is 1. The molecule has 0 aliphatic rings. The van der Waals surface area contributed by atoms with Crippen LogP contribution in [0.1, 0.15) is 10.5 Å². The quantitative estimate of drug-likeness (QED) is 0.672. The lowest BCUT2D eigenvalue weighted by molar-refractivity contribution is 0.0622. The zero-order valence-electron chi connectivity index (χ0n) is 9.99. The second kappa shape index (κ2) is 6.87. The number of hydrogen-bond acceptors (Lipinski definition) is 4. The van der Waals surface area contributed by atoms with Gasteiger partial charge in [0, 0.05) is 33.4 Å². The standard InChI is InChI=1S/C10H17N3O4/c1-16-5-3-13(4-6-17-2)10(15)8-7-9(14)12-11-8/h7H,3-6H2,1-2H3,(H2,11,12,14). The monoisotopic (exact) mass is 243 g/mol. The molecule has 17 heavy (non-hydrogen) atoms. The molecule has 1 aromatic rings. The Hall–Kier alpha value is -1.60. The second-order valence-electron chi connectivity index (χ2n) is 3.45. The van der Waals surface area contributed by atoms with Gasteiger partial charge in [-0.05, 0) is 0 Å². The number of methoxy groups -OCH3 is 2. The first kappa shape index (κ1) is 13.5. The predicted octanol–water partition coefficient (Wildman–Crippen LogP) is -0.562. The Bertz CT molecular complexity index is 390. The molecular formula is C10H17N3O4. The molecule has 0 unspecified atom stereocenters. The van der Waals surface area contributed by atoms with Gasteiger partial charge >= 0.3 is 0 Å². The van der Waals surface area contributed by atoms with Crippen LogP contribution >= 0.6 is 0 Å². The summed E-state index contributed by atoms with van der Waals surface area (Å²) in [5.41, 5.74) is -0.0889. The van der Waals surface area contributed by atoms with Gasteiger partial charge in [0.1, 0.15) is 5.69 Å². The Labute approximate surface area is 98.7 Å². The molecule has 0 atom stereocenters. The van der Waals surface area contributed by atoms with E-state index in [4.69, 9.17) is 9.47 Å². The average molecular weight is 243 g/mol. The number of carbonyl (C=O) groups excluding carboxylic acids is 1. The molecule has 0 aliphatic carbocycles. The summed E-state index contributed by atoms with van der Waals surface area (Å²) in [5, 5.41) is 4.85. The van der Waals surface area contributed by atoms with Crippen LogP contribution in [-0.4, -0.2) is 61.5 Å². The molecule has 0 bridgehead atoms. The fourth-order valence-corrected chi connectivity index (χ4v) is 1.34. The molecule has 1 amide bonds. The molecule has 0 saturated carbocycles. The highest BCUT2D eigenvalue weighted by molar-refractivity contribution is 5.92. The van der Waals surface area contributed by atoms with Crippen molar-refractivity contribution in [3.63, 3.8) is 0 Å². The first-order valence-electron chi connectivity index (χ1n) is 5.24. The minimum Gasteiger partial charge on any atom is -0.383 e. The number of nitrogens with one attached hydrogen (secondary N) is 2. The van der Waals surface area contributed by atoms with Crippen molar-refractivity contribution in [1.82, 2.24) is 15.1 Å². The zero-order chi connectivity index (χ0) is 12.7. The molecule has 0 aliphatic heterocycles. The Morgan fingerprint density at radius 1 is 1.24 bits per heavy atom. The summed E-state index contributed by atoms with van der Waals surface area (Å²) >= 11 is 0. The lowest BCUT2D eigenvalue weighted by atomic mass is 10.3. The SMILES string of the molecule is COCCN(CCOC)C(=O)c1cc(=O)[nH][nH]1. The normalized spacial score (nSPS) is 10.5. The van der Waals surface area contributed by atoms with Gasteiger partial charge in [0.25, 0.3) is 11.5 Å². The Kier molecular flexibility index (Phi) is 5.44. The van der Waals surface area contributed by atoms with Gasteiger partial charge in [0.05, 0.1) is 13.2 Å². The van der Waals surface area contributed by atoms with Gasteiger partial charge in [-0.1, -0.05) is 0 Å². The molecule has 0 fully saturated rings. The van der Waals surface area contributed by atoms with E-state index in [1.807, 2.05) is 0 Å². The maximum atomic E-state index is 12.0. The number of H-pyrrole nitrogens is 2. The highest BCUT2D eigenvalue weighted by Crippen LogP contribution is 1.99. The van der Waals surface area contributed by atoms with Gasteiger partial charge in [0.15, 0.2) is 0 Å². The van der Waals surface area contributed by atoms with Crippen LogP contribution in [0.2, 0.25) is 0 Å². The Morgan fingerprint density at radius 2 is 1.82 bits per heavy atom. The largest absolute Gasteiger partial charge is 0.383 e. The molecular weight excluding hydrogens is 226 g/mol. The number of aromatic amines is 2. The van der Waals surface area contributed by atoms with Crippen molar-refractivity contribution in [2.45, 2.75) is 0 Å². The molecule has 0 spiro atoms. The number of amides is 1. The highest BCUT2D eigenvalue weighted by Gasteiger charge is 2.16. The first-order valence-corrected chi connectivity index (χ1v) is 5.24. The van der Waals surface area contributed by atoms with Crippen LogP contribution in [-0.2, 0) is 9.47 Å². The number of rotatable bonds is 7. The van der Waals surface area contributed by atoms with E-state index in [0.29, 0.717) is 26.3 Å². The van der Waals surface area contributed by atoms with Gasteiger partial charge in [-0.25, -0.2) is 0 Å². The maximum absolute atomic E-state index is 12.0. The molecule has 1 aromatic heterocycles. The molecule has 0 saturated heterocycles. The summed E-state index contributed by atoms with van der Waals surface area (Å²) in [7, 11) is 3.13. The summed E-state index contributed by atoms with van der Waals surface area (Å²) in [4.78, 5) is 24.5. The third-order valence-electron chi connectivity index (χ3n) is 2.24. The van der Waals surface area contributed by atoms with E-state index >= 15 is 0 Å². The third-order valence-corrected chi connectivity index (χ3v) is 2.24. The third kappa shape index (κ3) is 4.04. The summed E-state index contributed by atoms with van der Waals surface area (Å²) in [6.07, 6.45) is 0. The van der Waals surface area contributed by atoms with E-state index in [0.717, 1.165) is 0 Å². The van der Waals surface area contributed by atoms with Crippen molar-refractivity contribution in [2.24, 2.45) is 0 Å². The molecule has 0 radical (unpaired) electrons. The summed E-state index contributed by atoms with van der Waals surface area (Å²) in [6, 6.07) is 1.23. The predicted molar refractivity (Wildman–Crippen MR) is 61.1 cm³/mol. The van der Waals surface area contributed by atoms with Gasteiger partial charge < -0.3 is 14.4 Å². The van der Waals surface area contributed by atoms with Crippen LogP contribution in [0.25, 0.3) is 0 Å². The topological polar surface area (TPSA) is 87.4 Å². The molecule has 1 rings (SSSR count). The number of carbonyl (C=O) groups is 1. The highest BCUT2D eigenvalue weighted by atomic mass is 16.5. The molecule has 0 aromatic carbocycles. The number of aromatic nitrogens is 2. The van der Waals surface area contributed by atoms with Crippen LogP contribution in [0.15, 0.2) is 10.9 Å². The maximum Gasteiger partial charge on any atom is 0.272 e. The van der Waals surface area contributed by atoms with E-state index in [1.54, 1.807) is 19.1 Å². The fourth-order valence-electron chi connectivity index (χ4n) is 1.34. The van der Waals surface area contributed by atoms with Gasteiger partial charge in [-0.3, -0.25) is 19.8 Å². The molecule has 96 valence electrons. The second-order valence-corrected chi connectivity index (χ2v) is 3.45. The molecule has 1 heterocycles. The lowest BCUT2D eigenvalue weighted by Crippen LogP contribution is -2.36. The van der Waals surface area contributed by atoms with Crippen molar-refractivity contribution in [1.29, 1.82) is 0 Å². The van der Waals surface area contributed by atoms with Gasteiger partial charge in [-0.2, -0.15) is 0 Å². The van der Waals surface area contributed by atoms with Crippen molar-refractivity contribution in [3.05, 3.63) is 22.1 Å². The Balaban J connectivity index is 2.67. The average Bonchev–Trinajstić information content (AvgIpc) is 2.75. The number of hydrogen-bond donors (Lipinski definition) is 2. The minimum absolute atomic E-state index is 0.238. The van der Waals surface area contributed by atoms with E-state index in [-0.39, 0.29) is 17.2 Å². The summed E-state index contributed by atoms with van der Waals surface area (Å²) in [6.45, 7) is 1.77. The van der Waals surface area contributed by atoms with Crippen molar-refractivity contribution < 1.29 is 14.3 Å². The van der Waals surface area contributed by atoms with Crippen molar-refractivity contribution in [2.75, 3.05) is 40.5 Å². The van der Waals surface area contributed by atoms with E-state index in [1.165, 1.54) is 6.07 Å². The van der Waals surface area contributed by atoms with E-state index in [9.17, 15) is 9.59 Å². The number of ether oxygens (including phenoxy) is 2. The van der Waals surface area contributed by atoms with Gasteiger partial charge in [0.2, 0.25) is 0 Å². The van der Waals surface area contributed by atoms with Crippen molar-refractivity contribution >= 4 is 5.91 Å². The smallest absolute Gasteiger partial charge is 0.272 e. The van der Waals surface area contributed by atoms with Crippen molar-refractivity contribution in [3.8, 4) is 0 Å². The van der Waals surface area contributed by atoms with Crippen LogP contribution in [0.5, 0.6) is 0 Å².